The second kappa shape index (κ2) is 5.61. The fraction of sp³-hybridized carbons (Fsp3) is 0.500. The molecule has 1 rings (SSSR count). The Hall–Kier alpha value is -1.22. The normalized spacial score (nSPS) is 13.0. The zero-order chi connectivity index (χ0) is 13.9. The monoisotopic (exact) mass is 270 g/mol. The minimum absolute atomic E-state index is 0.387. The van der Waals surface area contributed by atoms with Crippen molar-refractivity contribution in [2.24, 2.45) is 0 Å². The van der Waals surface area contributed by atoms with Crippen molar-refractivity contribution in [2.45, 2.75) is 46.3 Å². The van der Waals surface area contributed by atoms with Gasteiger partial charge in [-0.2, -0.15) is 0 Å². The molecule has 1 aromatic carbocycles. The molecule has 0 amide bonds. The zero-order valence-corrected chi connectivity index (χ0v) is 12.2. The van der Waals surface area contributed by atoms with E-state index in [9.17, 15) is 4.79 Å². The van der Waals surface area contributed by atoms with Crippen molar-refractivity contribution < 1.29 is 14.3 Å². The Labute approximate surface area is 113 Å². The summed E-state index contributed by atoms with van der Waals surface area (Å²) in [6.45, 7) is 9.02. The van der Waals surface area contributed by atoms with Crippen LogP contribution in [-0.4, -0.2) is 17.7 Å². The summed E-state index contributed by atoms with van der Waals surface area (Å²) in [5.74, 6) is 0.211. The van der Waals surface area contributed by atoms with E-state index >= 15 is 0 Å². The van der Waals surface area contributed by atoms with Crippen LogP contribution in [0.4, 0.5) is 0 Å². The van der Waals surface area contributed by atoms with E-state index in [0.29, 0.717) is 10.8 Å². The molecular formula is C14H19ClO3. The lowest BCUT2D eigenvalue weighted by molar-refractivity contribution is -0.162. The van der Waals surface area contributed by atoms with Crippen LogP contribution in [-0.2, 0) is 9.53 Å². The Bertz CT molecular complexity index is 435. The van der Waals surface area contributed by atoms with E-state index in [0.717, 1.165) is 5.56 Å². The minimum Gasteiger partial charge on any atom is -0.479 e. The molecular weight excluding hydrogens is 252 g/mol. The number of hydrogen-bond acceptors (Lipinski definition) is 3. The van der Waals surface area contributed by atoms with Crippen molar-refractivity contribution in [3.8, 4) is 5.75 Å². The quantitative estimate of drug-likeness (QED) is 0.785. The van der Waals surface area contributed by atoms with Crippen molar-refractivity contribution in [3.63, 3.8) is 0 Å². The van der Waals surface area contributed by atoms with Crippen LogP contribution >= 0.6 is 11.6 Å². The summed E-state index contributed by atoms with van der Waals surface area (Å²) in [6, 6.07) is 5.32. The van der Waals surface area contributed by atoms with Gasteiger partial charge in [0.05, 0.1) is 0 Å². The molecule has 0 aromatic heterocycles. The predicted molar refractivity (Wildman–Crippen MR) is 72.1 cm³/mol. The molecule has 4 heteroatoms. The lowest BCUT2D eigenvalue weighted by Crippen LogP contribution is -2.33. The first-order chi connectivity index (χ1) is 8.19. The van der Waals surface area contributed by atoms with E-state index in [1.165, 1.54) is 0 Å². The summed E-state index contributed by atoms with van der Waals surface area (Å²) in [7, 11) is 0. The first-order valence-electron chi connectivity index (χ1n) is 5.85. The second-order valence-corrected chi connectivity index (χ2v) is 5.64. The number of esters is 1. The molecule has 18 heavy (non-hydrogen) atoms. The van der Waals surface area contributed by atoms with E-state index in [4.69, 9.17) is 21.1 Å². The molecule has 0 N–H and O–H groups in total. The third-order valence-electron chi connectivity index (χ3n) is 2.19. The van der Waals surface area contributed by atoms with Crippen molar-refractivity contribution in [2.75, 3.05) is 0 Å². The maximum absolute atomic E-state index is 11.8. The maximum atomic E-state index is 11.8. The average molecular weight is 271 g/mol. The van der Waals surface area contributed by atoms with Crippen LogP contribution in [0.1, 0.15) is 33.3 Å². The number of ether oxygens (including phenoxy) is 2. The van der Waals surface area contributed by atoms with Gasteiger partial charge in [-0.1, -0.05) is 17.7 Å². The fourth-order valence-electron chi connectivity index (χ4n) is 1.32. The molecule has 0 aliphatic carbocycles. The van der Waals surface area contributed by atoms with Gasteiger partial charge in [-0.25, -0.2) is 4.79 Å². The fourth-order valence-corrected chi connectivity index (χ4v) is 1.49. The molecule has 0 saturated heterocycles. The number of rotatable bonds is 3. The molecule has 1 aromatic rings. The predicted octanol–water partition coefficient (Wildman–Crippen LogP) is 3.76. The molecule has 1 atom stereocenters. The van der Waals surface area contributed by atoms with E-state index in [-0.39, 0.29) is 5.97 Å². The van der Waals surface area contributed by atoms with Gasteiger partial charge in [0.25, 0.3) is 0 Å². The third kappa shape index (κ3) is 4.57. The van der Waals surface area contributed by atoms with Gasteiger partial charge in [-0.05, 0) is 52.3 Å². The molecule has 3 nitrogen and oxygen atoms in total. The highest BCUT2D eigenvalue weighted by Gasteiger charge is 2.23. The van der Waals surface area contributed by atoms with E-state index in [1.807, 2.05) is 33.8 Å². The summed E-state index contributed by atoms with van der Waals surface area (Å²) in [6.07, 6.45) is -0.665. The van der Waals surface area contributed by atoms with Crippen molar-refractivity contribution >= 4 is 17.6 Å². The van der Waals surface area contributed by atoms with Crippen molar-refractivity contribution in [3.05, 3.63) is 28.8 Å². The molecule has 0 spiro atoms. The smallest absolute Gasteiger partial charge is 0.347 e. The highest BCUT2D eigenvalue weighted by molar-refractivity contribution is 6.30. The highest BCUT2D eigenvalue weighted by atomic mass is 35.5. The SMILES string of the molecule is Cc1ccc(Cl)cc1OC(C)C(=O)OC(C)(C)C. The van der Waals surface area contributed by atoms with E-state index in [2.05, 4.69) is 0 Å². The van der Waals surface area contributed by atoms with Crippen LogP contribution in [0.15, 0.2) is 18.2 Å². The molecule has 0 aliphatic heterocycles. The lowest BCUT2D eigenvalue weighted by atomic mass is 10.2. The number of halogens is 1. The van der Waals surface area contributed by atoms with Crippen LogP contribution in [0, 0.1) is 6.92 Å². The highest BCUT2D eigenvalue weighted by Crippen LogP contribution is 2.24. The molecule has 0 fully saturated rings. The van der Waals surface area contributed by atoms with Gasteiger partial charge in [-0.3, -0.25) is 0 Å². The molecule has 0 aliphatic rings. The van der Waals surface area contributed by atoms with Crippen LogP contribution in [0.5, 0.6) is 5.75 Å². The Morgan fingerprint density at radius 3 is 2.50 bits per heavy atom. The number of carbonyl (C=O) groups is 1. The largest absolute Gasteiger partial charge is 0.479 e. The van der Waals surface area contributed by atoms with Crippen molar-refractivity contribution in [1.82, 2.24) is 0 Å². The first-order valence-corrected chi connectivity index (χ1v) is 6.22. The Morgan fingerprint density at radius 2 is 1.94 bits per heavy atom. The van der Waals surface area contributed by atoms with Crippen LogP contribution in [0.25, 0.3) is 0 Å². The Morgan fingerprint density at radius 1 is 1.33 bits per heavy atom. The molecule has 0 heterocycles. The summed E-state index contributed by atoms with van der Waals surface area (Å²) < 4.78 is 10.8. The number of aryl methyl sites for hydroxylation is 1. The molecule has 100 valence electrons. The van der Waals surface area contributed by atoms with Gasteiger partial charge < -0.3 is 9.47 Å². The van der Waals surface area contributed by atoms with Crippen molar-refractivity contribution in [1.29, 1.82) is 0 Å². The summed E-state index contributed by atoms with van der Waals surface area (Å²) in [4.78, 5) is 11.8. The van der Waals surface area contributed by atoms with Gasteiger partial charge in [0.1, 0.15) is 11.4 Å². The molecule has 1 unspecified atom stereocenters. The maximum Gasteiger partial charge on any atom is 0.347 e. The zero-order valence-electron chi connectivity index (χ0n) is 11.4. The average Bonchev–Trinajstić information content (AvgIpc) is 2.21. The van der Waals surface area contributed by atoms with Gasteiger partial charge in [0, 0.05) is 5.02 Å². The lowest BCUT2D eigenvalue weighted by Gasteiger charge is -2.23. The summed E-state index contributed by atoms with van der Waals surface area (Å²) in [5.41, 5.74) is 0.410. The van der Waals surface area contributed by atoms with E-state index < -0.39 is 11.7 Å². The standard InChI is InChI=1S/C14H19ClO3/c1-9-6-7-11(15)8-12(9)17-10(2)13(16)18-14(3,4)5/h6-8,10H,1-5H3. The molecule has 0 radical (unpaired) electrons. The van der Waals surface area contributed by atoms with Gasteiger partial charge >= 0.3 is 5.97 Å². The number of hydrogen-bond donors (Lipinski definition) is 0. The van der Waals surface area contributed by atoms with Gasteiger partial charge in [-0.15, -0.1) is 0 Å². The van der Waals surface area contributed by atoms with Gasteiger partial charge in [0.15, 0.2) is 6.10 Å². The first kappa shape index (κ1) is 14.8. The minimum atomic E-state index is -0.665. The topological polar surface area (TPSA) is 35.5 Å². The number of benzene rings is 1. The summed E-state index contributed by atoms with van der Waals surface area (Å²) in [5, 5.41) is 0.576. The van der Waals surface area contributed by atoms with Crippen LogP contribution in [0.2, 0.25) is 5.02 Å². The third-order valence-corrected chi connectivity index (χ3v) is 2.43. The molecule has 0 saturated carbocycles. The number of carbonyl (C=O) groups excluding carboxylic acids is 1. The van der Waals surface area contributed by atoms with Gasteiger partial charge in [0.2, 0.25) is 0 Å². The van der Waals surface area contributed by atoms with Crippen LogP contribution in [0.3, 0.4) is 0 Å². The summed E-state index contributed by atoms with van der Waals surface area (Å²) >= 11 is 5.89. The van der Waals surface area contributed by atoms with Crippen LogP contribution < -0.4 is 4.74 Å². The molecule has 0 bridgehead atoms. The Balaban J connectivity index is 2.72. The Kier molecular flexibility index (Phi) is 4.63. The second-order valence-electron chi connectivity index (χ2n) is 5.20. The van der Waals surface area contributed by atoms with E-state index in [1.54, 1.807) is 19.1 Å².